The van der Waals surface area contributed by atoms with Gasteiger partial charge in [-0.15, -0.1) is 0 Å². The van der Waals surface area contributed by atoms with E-state index >= 15 is 0 Å². The van der Waals surface area contributed by atoms with Gasteiger partial charge in [-0.3, -0.25) is 25.1 Å². The molecule has 3 atom stereocenters. The molecule has 1 fully saturated rings. The van der Waals surface area contributed by atoms with Crippen molar-refractivity contribution >= 4 is 23.3 Å². The Balaban J connectivity index is 1.51. The summed E-state index contributed by atoms with van der Waals surface area (Å²) in [7, 11) is 0. The lowest BCUT2D eigenvalue weighted by molar-refractivity contribution is -0.126. The second-order valence-corrected chi connectivity index (χ2v) is 10.7. The van der Waals surface area contributed by atoms with Gasteiger partial charge in [-0.25, -0.2) is 5.48 Å². The maximum atomic E-state index is 13.9. The Morgan fingerprint density at radius 1 is 1.00 bits per heavy atom. The number of likely N-dealkylation sites (tertiary alicyclic amines) is 1. The van der Waals surface area contributed by atoms with Crippen LogP contribution in [0, 0.1) is 5.41 Å². The summed E-state index contributed by atoms with van der Waals surface area (Å²) in [6.45, 7) is 5.32. The molecule has 0 aliphatic carbocycles. The van der Waals surface area contributed by atoms with Gasteiger partial charge in [-0.2, -0.15) is 0 Å². The van der Waals surface area contributed by atoms with E-state index in [2.05, 4.69) is 18.7 Å². The maximum absolute atomic E-state index is 13.9. The third kappa shape index (κ3) is 5.57. The van der Waals surface area contributed by atoms with Crippen LogP contribution in [0.5, 0.6) is 5.75 Å². The van der Waals surface area contributed by atoms with E-state index in [9.17, 15) is 14.8 Å². The maximum Gasteiger partial charge on any atom is 0.274 e. The Labute approximate surface area is 234 Å². The van der Waals surface area contributed by atoms with Crippen molar-refractivity contribution in [3.8, 4) is 5.75 Å². The van der Waals surface area contributed by atoms with Crippen LogP contribution in [-0.2, 0) is 17.9 Å². The van der Waals surface area contributed by atoms with Crippen molar-refractivity contribution in [3.05, 3.63) is 94.5 Å². The highest BCUT2D eigenvalue weighted by molar-refractivity contribution is 6.01. The van der Waals surface area contributed by atoms with E-state index in [4.69, 9.17) is 15.9 Å². The molecule has 0 spiro atoms. The fourth-order valence-corrected chi connectivity index (χ4v) is 5.78. The topological polar surface area (TPSA) is 132 Å². The number of benzene rings is 3. The van der Waals surface area contributed by atoms with Crippen molar-refractivity contribution < 1.29 is 19.5 Å². The molecule has 2 aliphatic heterocycles. The molecule has 2 amide bonds. The molecular formula is C31H35N5O4. The predicted molar refractivity (Wildman–Crippen MR) is 152 cm³/mol. The number of hydroxylamine groups is 1. The highest BCUT2D eigenvalue weighted by atomic mass is 16.5. The van der Waals surface area contributed by atoms with Crippen LogP contribution in [0.4, 0.5) is 5.69 Å². The van der Waals surface area contributed by atoms with Crippen LogP contribution in [0.3, 0.4) is 0 Å². The van der Waals surface area contributed by atoms with Crippen LogP contribution in [-0.4, -0.2) is 39.8 Å². The number of hydrogen-bond acceptors (Lipinski definition) is 6. The number of anilines is 1. The molecule has 5 rings (SSSR count). The zero-order chi connectivity index (χ0) is 28.4. The number of piperidine rings is 1. The Hall–Kier alpha value is -4.21. The Morgan fingerprint density at radius 3 is 2.40 bits per heavy atom. The molecule has 3 aromatic carbocycles. The van der Waals surface area contributed by atoms with Gasteiger partial charge in [0.25, 0.3) is 11.8 Å². The van der Waals surface area contributed by atoms with Gasteiger partial charge < -0.3 is 15.4 Å². The summed E-state index contributed by atoms with van der Waals surface area (Å²) in [5.74, 6) is -0.404. The molecule has 0 radical (unpaired) electrons. The average molecular weight is 542 g/mol. The summed E-state index contributed by atoms with van der Waals surface area (Å²) in [4.78, 5) is 30.5. The van der Waals surface area contributed by atoms with Gasteiger partial charge in [0.2, 0.25) is 6.10 Å². The van der Waals surface area contributed by atoms with E-state index in [0.717, 1.165) is 24.0 Å². The van der Waals surface area contributed by atoms with Crippen molar-refractivity contribution in [2.45, 2.75) is 64.4 Å². The number of nitrogens with two attached hydrogens (primary N) is 1. The lowest BCUT2D eigenvalue weighted by atomic mass is 9.95. The number of fused-ring (bicyclic) bond motifs is 1. The van der Waals surface area contributed by atoms with Gasteiger partial charge in [0, 0.05) is 35.3 Å². The van der Waals surface area contributed by atoms with Gasteiger partial charge in [-0.05, 0) is 68.1 Å². The summed E-state index contributed by atoms with van der Waals surface area (Å²) in [5, 5.41) is 17.2. The third-order valence-corrected chi connectivity index (χ3v) is 7.89. The number of hydrogen-bond donors (Lipinski definition) is 4. The second-order valence-electron chi connectivity index (χ2n) is 10.7. The minimum Gasteiger partial charge on any atom is -0.474 e. The number of nitrogens with one attached hydrogen (secondary N) is 2. The number of carbonyl (C=O) groups excluding carboxylic acids is 2. The lowest BCUT2D eigenvalue weighted by Crippen LogP contribution is -2.43. The fraction of sp³-hybridized carbons (Fsp3) is 0.323. The smallest absolute Gasteiger partial charge is 0.274 e. The molecule has 208 valence electrons. The Bertz CT molecular complexity index is 1430. The number of amidine groups is 1. The standard InChI is InChI=1S/C31H35N5O4/c1-19-7-5-8-20(2)35(19)17-21-13-22(15-25(14-21)30(37)34-39)18-36-26-11-3-4-12-27(26)40-28(31(36)38)23-9-6-10-24(16-23)29(32)33/h3-4,6,9-16,19-20,28,39H,5,7-8,17-18H2,1-2H3,(H3,32,33)(H,34,37). The van der Waals surface area contributed by atoms with Crippen molar-refractivity contribution in [3.63, 3.8) is 0 Å². The van der Waals surface area contributed by atoms with E-state index in [1.807, 2.05) is 30.3 Å². The molecule has 0 aromatic heterocycles. The lowest BCUT2D eigenvalue weighted by Gasteiger charge is -2.39. The average Bonchev–Trinajstić information content (AvgIpc) is 2.96. The zero-order valence-electron chi connectivity index (χ0n) is 22.8. The molecule has 3 unspecified atom stereocenters. The first-order valence-electron chi connectivity index (χ1n) is 13.6. The summed E-state index contributed by atoms with van der Waals surface area (Å²) >= 11 is 0. The molecule has 3 aromatic rings. The number of amides is 2. The van der Waals surface area contributed by atoms with Gasteiger partial charge in [0.1, 0.15) is 11.6 Å². The van der Waals surface area contributed by atoms with Crippen LogP contribution in [0.2, 0.25) is 0 Å². The van der Waals surface area contributed by atoms with Crippen LogP contribution < -0.4 is 20.9 Å². The first-order chi connectivity index (χ1) is 19.2. The highest BCUT2D eigenvalue weighted by Crippen LogP contribution is 2.40. The first-order valence-corrected chi connectivity index (χ1v) is 13.6. The molecule has 2 aliphatic rings. The number of nitrogen functional groups attached to an aromatic ring is 1. The monoisotopic (exact) mass is 541 g/mol. The quantitative estimate of drug-likeness (QED) is 0.151. The van der Waals surface area contributed by atoms with Crippen molar-refractivity contribution in [2.24, 2.45) is 5.73 Å². The minimum absolute atomic E-state index is 0.0915. The Morgan fingerprint density at radius 2 is 1.70 bits per heavy atom. The van der Waals surface area contributed by atoms with E-state index in [1.54, 1.807) is 46.8 Å². The van der Waals surface area contributed by atoms with Gasteiger partial charge in [0.15, 0.2) is 0 Å². The first kappa shape index (κ1) is 27.4. The van der Waals surface area contributed by atoms with Gasteiger partial charge in [0.05, 0.1) is 12.2 Å². The highest BCUT2D eigenvalue weighted by Gasteiger charge is 2.36. The predicted octanol–water partition coefficient (Wildman–Crippen LogP) is 4.52. The van der Waals surface area contributed by atoms with Crippen LogP contribution >= 0.6 is 0 Å². The molecule has 1 saturated heterocycles. The molecule has 2 heterocycles. The van der Waals surface area contributed by atoms with E-state index in [1.165, 1.54) is 6.42 Å². The van der Waals surface area contributed by atoms with Crippen LogP contribution in [0.25, 0.3) is 0 Å². The molecule has 9 heteroatoms. The molecule has 0 saturated carbocycles. The molecule has 0 bridgehead atoms. The van der Waals surface area contributed by atoms with Gasteiger partial charge in [-0.1, -0.05) is 42.8 Å². The number of rotatable bonds is 7. The van der Waals surface area contributed by atoms with Crippen molar-refractivity contribution in [2.75, 3.05) is 4.90 Å². The summed E-state index contributed by atoms with van der Waals surface area (Å²) < 4.78 is 6.15. The normalized spacial score (nSPS) is 20.9. The Kier molecular flexibility index (Phi) is 7.86. The van der Waals surface area contributed by atoms with E-state index < -0.39 is 12.0 Å². The van der Waals surface area contributed by atoms with Crippen molar-refractivity contribution in [1.29, 1.82) is 5.41 Å². The van der Waals surface area contributed by atoms with E-state index in [0.29, 0.717) is 46.8 Å². The van der Waals surface area contributed by atoms with E-state index in [-0.39, 0.29) is 18.3 Å². The summed E-state index contributed by atoms with van der Waals surface area (Å²) in [6, 6.07) is 20.7. The van der Waals surface area contributed by atoms with Crippen molar-refractivity contribution in [1.82, 2.24) is 10.4 Å². The second kappa shape index (κ2) is 11.5. The largest absolute Gasteiger partial charge is 0.474 e. The molecule has 5 N–H and O–H groups in total. The number of para-hydroxylation sites is 2. The number of carbonyl (C=O) groups is 2. The minimum atomic E-state index is -0.923. The molecule has 9 nitrogen and oxygen atoms in total. The summed E-state index contributed by atoms with van der Waals surface area (Å²) in [6.07, 6.45) is 2.53. The molecule has 40 heavy (non-hydrogen) atoms. The summed E-state index contributed by atoms with van der Waals surface area (Å²) in [5.41, 5.74) is 11.2. The number of ether oxygens (including phenoxy) is 1. The molecular weight excluding hydrogens is 506 g/mol. The third-order valence-electron chi connectivity index (χ3n) is 7.89. The fourth-order valence-electron chi connectivity index (χ4n) is 5.78. The number of nitrogens with zero attached hydrogens (tertiary/aromatic N) is 2. The SMILES string of the molecule is CC1CCCC(C)N1Cc1cc(CN2C(=O)C(c3cccc(C(=N)N)c3)Oc3ccccc32)cc(C(=O)NO)c1. The van der Waals surface area contributed by atoms with Gasteiger partial charge >= 0.3 is 0 Å². The van der Waals surface area contributed by atoms with Crippen LogP contribution in [0.1, 0.15) is 71.8 Å². The van der Waals surface area contributed by atoms with Crippen LogP contribution in [0.15, 0.2) is 66.7 Å². The zero-order valence-corrected chi connectivity index (χ0v) is 22.8.